The molecule has 0 radical (unpaired) electrons. The first-order chi connectivity index (χ1) is 10.1. The van der Waals surface area contributed by atoms with Crippen molar-refractivity contribution in [3.05, 3.63) is 52.1 Å². The fourth-order valence-electron chi connectivity index (χ4n) is 2.17. The van der Waals surface area contributed by atoms with E-state index in [2.05, 4.69) is 41.3 Å². The van der Waals surface area contributed by atoms with Gasteiger partial charge < -0.3 is 4.57 Å². The van der Waals surface area contributed by atoms with Crippen molar-refractivity contribution >= 4 is 11.6 Å². The van der Waals surface area contributed by atoms with E-state index in [0.717, 1.165) is 47.1 Å². The largest absolute Gasteiger partial charge is 0.328 e. The summed E-state index contributed by atoms with van der Waals surface area (Å²) < 4.78 is 2.16. The third-order valence-electron chi connectivity index (χ3n) is 3.52. The van der Waals surface area contributed by atoms with Crippen LogP contribution in [0.4, 0.5) is 0 Å². The Morgan fingerprint density at radius 3 is 2.71 bits per heavy atom. The van der Waals surface area contributed by atoms with E-state index in [0.29, 0.717) is 0 Å². The highest BCUT2D eigenvalue weighted by Gasteiger charge is 2.06. The smallest absolute Gasteiger partial charge is 0.106 e. The molecule has 0 fully saturated rings. The second-order valence-electron chi connectivity index (χ2n) is 5.24. The summed E-state index contributed by atoms with van der Waals surface area (Å²) in [7, 11) is 0. The van der Waals surface area contributed by atoms with Crippen molar-refractivity contribution in [2.45, 2.75) is 46.6 Å². The summed E-state index contributed by atoms with van der Waals surface area (Å²) in [4.78, 5) is 4.32. The molecule has 0 N–H and O–H groups in total. The van der Waals surface area contributed by atoms with Crippen molar-refractivity contribution in [1.29, 1.82) is 0 Å². The van der Waals surface area contributed by atoms with E-state index in [1.165, 1.54) is 6.42 Å². The number of imidazole rings is 1. The van der Waals surface area contributed by atoms with Crippen LogP contribution in [-0.4, -0.2) is 9.55 Å². The summed E-state index contributed by atoms with van der Waals surface area (Å²) in [5.74, 6) is 7.37. The molecule has 0 saturated carbocycles. The number of nitrogens with zero attached hydrogens (tertiary/aromatic N) is 2. The van der Waals surface area contributed by atoms with Crippen molar-refractivity contribution in [2.75, 3.05) is 0 Å². The molecule has 0 unspecified atom stereocenters. The van der Waals surface area contributed by atoms with Crippen LogP contribution in [0.15, 0.2) is 24.4 Å². The molecule has 2 rings (SSSR count). The molecule has 0 bridgehead atoms. The summed E-state index contributed by atoms with van der Waals surface area (Å²) in [6.45, 7) is 6.99. The Morgan fingerprint density at radius 2 is 2.10 bits per heavy atom. The summed E-state index contributed by atoms with van der Waals surface area (Å²) in [5.41, 5.74) is 3.23. The van der Waals surface area contributed by atoms with E-state index in [1.807, 2.05) is 25.3 Å². The van der Waals surface area contributed by atoms with Crippen molar-refractivity contribution in [3.8, 4) is 11.8 Å². The van der Waals surface area contributed by atoms with Gasteiger partial charge in [0.05, 0.1) is 6.54 Å². The van der Waals surface area contributed by atoms with E-state index < -0.39 is 0 Å². The topological polar surface area (TPSA) is 17.8 Å². The molecule has 0 saturated heterocycles. The van der Waals surface area contributed by atoms with Crippen LogP contribution in [0, 0.1) is 25.7 Å². The second-order valence-corrected chi connectivity index (χ2v) is 5.65. The number of aryl methyl sites for hydroxylation is 2. The fourth-order valence-corrected chi connectivity index (χ4v) is 2.41. The van der Waals surface area contributed by atoms with Crippen molar-refractivity contribution < 1.29 is 0 Å². The molecule has 1 heterocycles. The maximum Gasteiger partial charge on any atom is 0.106 e. The lowest BCUT2D eigenvalue weighted by Crippen LogP contribution is -2.04. The lowest BCUT2D eigenvalue weighted by atomic mass is 10.1. The lowest BCUT2D eigenvalue weighted by Gasteiger charge is -2.10. The van der Waals surface area contributed by atoms with Gasteiger partial charge in [0.25, 0.3) is 0 Å². The molecule has 2 nitrogen and oxygen atoms in total. The third kappa shape index (κ3) is 4.12. The van der Waals surface area contributed by atoms with E-state index >= 15 is 0 Å². The van der Waals surface area contributed by atoms with E-state index in [4.69, 9.17) is 11.6 Å². The van der Waals surface area contributed by atoms with E-state index in [-0.39, 0.29) is 0 Å². The Kier molecular flexibility index (Phi) is 5.47. The number of hydrogen-bond acceptors (Lipinski definition) is 1. The number of hydrogen-bond donors (Lipinski definition) is 0. The second kappa shape index (κ2) is 7.33. The van der Waals surface area contributed by atoms with Crippen LogP contribution >= 0.6 is 11.6 Å². The van der Waals surface area contributed by atoms with Crippen molar-refractivity contribution in [2.24, 2.45) is 0 Å². The van der Waals surface area contributed by atoms with Gasteiger partial charge in [-0.15, -0.1) is 0 Å². The number of halogens is 1. The highest BCUT2D eigenvalue weighted by atomic mass is 35.5. The SMILES string of the molecule is CCCCC#Cc1ccc(Cn2c(C)cnc2C)c(Cl)c1. The van der Waals surface area contributed by atoms with Crippen LogP contribution in [0.25, 0.3) is 0 Å². The van der Waals surface area contributed by atoms with Gasteiger partial charge in [-0.1, -0.05) is 42.9 Å². The first-order valence-corrected chi connectivity index (χ1v) is 7.75. The zero-order valence-corrected chi connectivity index (χ0v) is 13.7. The molecule has 21 heavy (non-hydrogen) atoms. The van der Waals surface area contributed by atoms with Gasteiger partial charge in [0.2, 0.25) is 0 Å². The zero-order valence-electron chi connectivity index (χ0n) is 12.9. The Morgan fingerprint density at radius 1 is 1.29 bits per heavy atom. The molecule has 0 aliphatic rings. The number of rotatable bonds is 4. The Hall–Kier alpha value is -1.72. The molecule has 2 aromatic rings. The molecule has 0 atom stereocenters. The van der Waals surface area contributed by atoms with Crippen LogP contribution in [-0.2, 0) is 6.54 Å². The predicted molar refractivity (Wildman–Crippen MR) is 88.7 cm³/mol. The summed E-state index contributed by atoms with van der Waals surface area (Å²) >= 11 is 6.39. The van der Waals surface area contributed by atoms with Gasteiger partial charge in [0.15, 0.2) is 0 Å². The first-order valence-electron chi connectivity index (χ1n) is 7.38. The maximum absolute atomic E-state index is 6.39. The molecule has 1 aromatic carbocycles. The minimum Gasteiger partial charge on any atom is -0.328 e. The van der Waals surface area contributed by atoms with Gasteiger partial charge in [-0.25, -0.2) is 4.98 Å². The number of benzene rings is 1. The van der Waals surface area contributed by atoms with E-state index in [1.54, 1.807) is 0 Å². The van der Waals surface area contributed by atoms with Crippen LogP contribution in [0.3, 0.4) is 0 Å². The summed E-state index contributed by atoms with van der Waals surface area (Å²) in [5, 5.41) is 0.768. The Labute approximate surface area is 132 Å². The zero-order chi connectivity index (χ0) is 15.2. The monoisotopic (exact) mass is 300 g/mol. The molecule has 0 amide bonds. The summed E-state index contributed by atoms with van der Waals surface area (Å²) in [6.07, 6.45) is 5.16. The van der Waals surface area contributed by atoms with Crippen LogP contribution in [0.5, 0.6) is 0 Å². The molecule has 110 valence electrons. The minimum absolute atomic E-state index is 0.750. The first kappa shape index (κ1) is 15.7. The molecule has 3 heteroatoms. The molecular formula is C18H21ClN2. The van der Waals surface area contributed by atoms with Crippen LogP contribution in [0.2, 0.25) is 5.02 Å². The summed E-state index contributed by atoms with van der Waals surface area (Å²) in [6, 6.07) is 6.06. The van der Waals surface area contributed by atoms with E-state index in [9.17, 15) is 0 Å². The quantitative estimate of drug-likeness (QED) is 0.589. The third-order valence-corrected chi connectivity index (χ3v) is 3.88. The van der Waals surface area contributed by atoms with Crippen molar-refractivity contribution in [1.82, 2.24) is 9.55 Å². The Bertz CT molecular complexity index is 655. The average Bonchev–Trinajstić information content (AvgIpc) is 2.78. The molecule has 0 spiro atoms. The van der Waals surface area contributed by atoms with Gasteiger partial charge in [-0.05, 0) is 38.0 Å². The standard InChI is InChI=1S/C18H21ClN2/c1-4-5-6-7-8-16-9-10-17(18(19)11-16)13-21-14(2)12-20-15(21)3/h9-12H,4-6,13H2,1-3H3. The normalized spacial score (nSPS) is 10.3. The van der Waals surface area contributed by atoms with Gasteiger partial charge >= 0.3 is 0 Å². The predicted octanol–water partition coefficient (Wildman–Crippen LogP) is 4.74. The number of unbranched alkanes of at least 4 members (excludes halogenated alkanes) is 2. The van der Waals surface area contributed by atoms with Gasteiger partial charge in [-0.3, -0.25) is 0 Å². The average molecular weight is 301 g/mol. The van der Waals surface area contributed by atoms with Crippen LogP contribution < -0.4 is 0 Å². The molecule has 0 aliphatic carbocycles. The van der Waals surface area contributed by atoms with Gasteiger partial charge in [-0.2, -0.15) is 0 Å². The fraction of sp³-hybridized carbons (Fsp3) is 0.389. The molecule has 0 aliphatic heterocycles. The Balaban J connectivity index is 2.14. The highest BCUT2D eigenvalue weighted by molar-refractivity contribution is 6.31. The lowest BCUT2D eigenvalue weighted by molar-refractivity contribution is 0.738. The molecular weight excluding hydrogens is 280 g/mol. The maximum atomic E-state index is 6.39. The molecule has 1 aromatic heterocycles. The van der Waals surface area contributed by atoms with Crippen LogP contribution in [0.1, 0.15) is 48.8 Å². The minimum atomic E-state index is 0.750. The van der Waals surface area contributed by atoms with Gasteiger partial charge in [0, 0.05) is 28.9 Å². The van der Waals surface area contributed by atoms with Gasteiger partial charge in [0.1, 0.15) is 5.82 Å². The highest BCUT2D eigenvalue weighted by Crippen LogP contribution is 2.20. The van der Waals surface area contributed by atoms with Crippen molar-refractivity contribution in [3.63, 3.8) is 0 Å². The number of aromatic nitrogens is 2.